The molecule has 2 aromatic rings. The molecule has 0 spiro atoms. The van der Waals surface area contributed by atoms with Gasteiger partial charge in [0.1, 0.15) is 18.5 Å². The van der Waals surface area contributed by atoms with Crippen LogP contribution in [0.3, 0.4) is 0 Å². The fourth-order valence-corrected chi connectivity index (χ4v) is 2.83. The zero-order chi connectivity index (χ0) is 18.4. The van der Waals surface area contributed by atoms with Gasteiger partial charge in [0.2, 0.25) is 0 Å². The molecule has 0 N–H and O–H groups in total. The fraction of sp³-hybridized carbons (Fsp3) is 0.316. The third-order valence-corrected chi connectivity index (χ3v) is 4.24. The first kappa shape index (κ1) is 17.7. The van der Waals surface area contributed by atoms with Crippen LogP contribution in [0.5, 0.6) is 5.75 Å². The van der Waals surface area contributed by atoms with Crippen LogP contribution in [0, 0.1) is 10.1 Å². The van der Waals surface area contributed by atoms with Gasteiger partial charge in [0.25, 0.3) is 5.69 Å². The molecule has 1 amide bonds. The van der Waals surface area contributed by atoms with E-state index in [1.165, 1.54) is 12.1 Å². The minimum atomic E-state index is -0.446. The maximum Gasteiger partial charge on any atom is 0.410 e. The molecule has 0 aliphatic carbocycles. The summed E-state index contributed by atoms with van der Waals surface area (Å²) < 4.78 is 11.2. The Labute approximate surface area is 151 Å². The van der Waals surface area contributed by atoms with Gasteiger partial charge in [-0.2, -0.15) is 0 Å². The van der Waals surface area contributed by atoms with Crippen LogP contribution < -0.4 is 4.74 Å². The van der Waals surface area contributed by atoms with E-state index in [9.17, 15) is 14.9 Å². The lowest BCUT2D eigenvalue weighted by atomic mass is 10.1. The van der Waals surface area contributed by atoms with Crippen molar-refractivity contribution in [2.45, 2.75) is 25.6 Å². The molecule has 1 aliphatic rings. The highest BCUT2D eigenvalue weighted by atomic mass is 16.6. The van der Waals surface area contributed by atoms with Crippen molar-refractivity contribution < 1.29 is 19.2 Å². The standard InChI is InChI=1S/C19H20N2O5/c22-19(25-14-15-5-2-1-3-6-15)20-11-9-17(10-12-20)26-18-8-4-7-16(13-18)21(23)24/h1-8,13,17H,9-12,14H2. The Balaban J connectivity index is 1.46. The van der Waals surface area contributed by atoms with Crippen LogP contribution >= 0.6 is 0 Å². The SMILES string of the molecule is O=C(OCc1ccccc1)N1CCC(Oc2cccc([N+](=O)[O-])c2)CC1. The molecule has 7 heteroatoms. The molecule has 0 saturated carbocycles. The second-order valence-corrected chi connectivity index (χ2v) is 6.10. The minimum Gasteiger partial charge on any atom is -0.490 e. The van der Waals surface area contributed by atoms with Crippen LogP contribution in [0.1, 0.15) is 18.4 Å². The average molecular weight is 356 g/mol. The van der Waals surface area contributed by atoms with Crippen molar-refractivity contribution in [1.29, 1.82) is 0 Å². The van der Waals surface area contributed by atoms with Crippen LogP contribution in [0.2, 0.25) is 0 Å². The number of carbonyl (C=O) groups is 1. The van der Waals surface area contributed by atoms with Gasteiger partial charge >= 0.3 is 6.09 Å². The number of benzene rings is 2. The molecule has 26 heavy (non-hydrogen) atoms. The summed E-state index contributed by atoms with van der Waals surface area (Å²) in [6.45, 7) is 1.32. The second kappa shape index (κ2) is 8.33. The van der Waals surface area contributed by atoms with Crippen molar-refractivity contribution in [3.05, 3.63) is 70.3 Å². The number of piperidine rings is 1. The quantitative estimate of drug-likeness (QED) is 0.601. The van der Waals surface area contributed by atoms with Gasteiger partial charge in [0.05, 0.1) is 11.0 Å². The number of non-ortho nitro benzene ring substituents is 1. The molecule has 0 bridgehead atoms. The largest absolute Gasteiger partial charge is 0.490 e. The predicted octanol–water partition coefficient (Wildman–Crippen LogP) is 3.77. The van der Waals surface area contributed by atoms with Crippen LogP contribution in [-0.4, -0.2) is 35.1 Å². The summed E-state index contributed by atoms with van der Waals surface area (Å²) in [6.07, 6.45) is 0.907. The lowest BCUT2D eigenvalue weighted by molar-refractivity contribution is -0.384. The van der Waals surface area contributed by atoms with Gasteiger partial charge in [-0.25, -0.2) is 4.79 Å². The number of rotatable bonds is 5. The maximum atomic E-state index is 12.1. The Bertz CT molecular complexity index is 758. The summed E-state index contributed by atoms with van der Waals surface area (Å²) in [4.78, 5) is 24.2. The first-order valence-corrected chi connectivity index (χ1v) is 8.48. The third-order valence-electron chi connectivity index (χ3n) is 4.24. The van der Waals surface area contributed by atoms with Crippen molar-refractivity contribution in [1.82, 2.24) is 4.90 Å². The molecule has 7 nitrogen and oxygen atoms in total. The molecule has 1 heterocycles. The van der Waals surface area contributed by atoms with Gasteiger partial charge in [0, 0.05) is 32.0 Å². The number of hydrogen-bond donors (Lipinski definition) is 0. The van der Waals surface area contributed by atoms with Crippen molar-refractivity contribution in [2.75, 3.05) is 13.1 Å². The Morgan fingerprint density at radius 3 is 2.54 bits per heavy atom. The predicted molar refractivity (Wildman–Crippen MR) is 94.9 cm³/mol. The second-order valence-electron chi connectivity index (χ2n) is 6.10. The molecule has 0 unspecified atom stereocenters. The summed E-state index contributed by atoms with van der Waals surface area (Å²) in [5.41, 5.74) is 0.953. The number of hydrogen-bond acceptors (Lipinski definition) is 5. The van der Waals surface area contributed by atoms with E-state index in [-0.39, 0.29) is 24.5 Å². The van der Waals surface area contributed by atoms with Crippen molar-refractivity contribution >= 4 is 11.8 Å². The van der Waals surface area contributed by atoms with E-state index in [0.29, 0.717) is 31.7 Å². The molecule has 2 aromatic carbocycles. The van der Waals surface area contributed by atoms with E-state index < -0.39 is 4.92 Å². The van der Waals surface area contributed by atoms with E-state index >= 15 is 0 Å². The number of likely N-dealkylation sites (tertiary alicyclic amines) is 1. The van der Waals surface area contributed by atoms with Gasteiger partial charge in [-0.05, 0) is 11.6 Å². The first-order chi connectivity index (χ1) is 12.6. The lowest BCUT2D eigenvalue weighted by Gasteiger charge is -2.31. The fourth-order valence-electron chi connectivity index (χ4n) is 2.83. The van der Waals surface area contributed by atoms with E-state index in [1.807, 2.05) is 30.3 Å². The maximum absolute atomic E-state index is 12.1. The zero-order valence-electron chi connectivity index (χ0n) is 14.2. The molecule has 136 valence electrons. The topological polar surface area (TPSA) is 81.9 Å². The molecule has 0 radical (unpaired) electrons. The molecule has 1 fully saturated rings. The number of ether oxygens (including phenoxy) is 2. The number of nitrogens with zero attached hydrogens (tertiary/aromatic N) is 2. The highest BCUT2D eigenvalue weighted by molar-refractivity contribution is 5.67. The Kier molecular flexibility index (Phi) is 5.68. The van der Waals surface area contributed by atoms with Crippen LogP contribution in [0.4, 0.5) is 10.5 Å². The van der Waals surface area contributed by atoms with Crippen molar-refractivity contribution in [3.63, 3.8) is 0 Å². The minimum absolute atomic E-state index is 0.00410. The van der Waals surface area contributed by atoms with Crippen LogP contribution in [0.15, 0.2) is 54.6 Å². The van der Waals surface area contributed by atoms with Gasteiger partial charge in [-0.3, -0.25) is 10.1 Å². The van der Waals surface area contributed by atoms with E-state index in [4.69, 9.17) is 9.47 Å². The van der Waals surface area contributed by atoms with E-state index in [2.05, 4.69) is 0 Å². The average Bonchev–Trinajstić information content (AvgIpc) is 2.68. The van der Waals surface area contributed by atoms with Gasteiger partial charge < -0.3 is 14.4 Å². The number of nitro benzene ring substituents is 1. The van der Waals surface area contributed by atoms with Gasteiger partial charge in [-0.1, -0.05) is 36.4 Å². The highest BCUT2D eigenvalue weighted by Crippen LogP contribution is 2.23. The Hall–Kier alpha value is -3.09. The number of amides is 1. The normalized spacial score (nSPS) is 14.7. The molecule has 3 rings (SSSR count). The molecule has 0 atom stereocenters. The Morgan fingerprint density at radius 1 is 1.12 bits per heavy atom. The Morgan fingerprint density at radius 2 is 1.85 bits per heavy atom. The summed E-state index contributed by atoms with van der Waals surface area (Å²) in [5.74, 6) is 0.476. The monoisotopic (exact) mass is 356 g/mol. The van der Waals surface area contributed by atoms with E-state index in [0.717, 1.165) is 5.56 Å². The number of nitro groups is 1. The lowest BCUT2D eigenvalue weighted by Crippen LogP contribution is -2.42. The number of carbonyl (C=O) groups excluding carboxylic acids is 1. The van der Waals surface area contributed by atoms with Crippen LogP contribution in [-0.2, 0) is 11.3 Å². The summed E-state index contributed by atoms with van der Waals surface area (Å²) in [7, 11) is 0. The summed E-state index contributed by atoms with van der Waals surface area (Å²) in [6, 6.07) is 15.7. The van der Waals surface area contributed by atoms with Crippen molar-refractivity contribution in [2.24, 2.45) is 0 Å². The van der Waals surface area contributed by atoms with Crippen LogP contribution in [0.25, 0.3) is 0 Å². The zero-order valence-corrected chi connectivity index (χ0v) is 14.2. The molecule has 1 saturated heterocycles. The van der Waals surface area contributed by atoms with E-state index in [1.54, 1.807) is 17.0 Å². The molecular formula is C19H20N2O5. The molecule has 0 aromatic heterocycles. The van der Waals surface area contributed by atoms with Gasteiger partial charge in [-0.15, -0.1) is 0 Å². The van der Waals surface area contributed by atoms with Gasteiger partial charge in [0.15, 0.2) is 0 Å². The smallest absolute Gasteiger partial charge is 0.410 e. The summed E-state index contributed by atoms with van der Waals surface area (Å²) in [5, 5.41) is 10.8. The summed E-state index contributed by atoms with van der Waals surface area (Å²) >= 11 is 0. The third kappa shape index (κ3) is 4.72. The molecule has 1 aliphatic heterocycles. The van der Waals surface area contributed by atoms with Crippen molar-refractivity contribution in [3.8, 4) is 5.75 Å². The first-order valence-electron chi connectivity index (χ1n) is 8.48. The highest BCUT2D eigenvalue weighted by Gasteiger charge is 2.25. The molecular weight excluding hydrogens is 336 g/mol.